The van der Waals surface area contributed by atoms with Gasteiger partial charge in [0.1, 0.15) is 0 Å². The predicted octanol–water partition coefficient (Wildman–Crippen LogP) is 4.09. The lowest BCUT2D eigenvalue weighted by Gasteiger charge is -2.16. The minimum atomic E-state index is 0.611. The number of rotatable bonds is 6. The van der Waals surface area contributed by atoms with Crippen molar-refractivity contribution < 1.29 is 0 Å². The molecule has 17 heavy (non-hydrogen) atoms. The zero-order valence-corrected chi connectivity index (χ0v) is 11.4. The van der Waals surface area contributed by atoms with Gasteiger partial charge in [-0.3, -0.25) is 0 Å². The third-order valence-corrected chi connectivity index (χ3v) is 3.48. The van der Waals surface area contributed by atoms with Gasteiger partial charge in [0.05, 0.1) is 0 Å². The Bertz CT molecular complexity index is 352. The zero-order valence-electron chi connectivity index (χ0n) is 11.4. The van der Waals surface area contributed by atoms with Crippen molar-refractivity contribution in [3.8, 4) is 0 Å². The first kappa shape index (κ1) is 12.6. The van der Waals surface area contributed by atoms with Crippen molar-refractivity contribution in [2.24, 2.45) is 5.92 Å². The molecule has 1 aromatic carbocycles. The minimum absolute atomic E-state index is 0.611. The molecule has 1 N–H and O–H groups in total. The maximum atomic E-state index is 3.62. The fourth-order valence-corrected chi connectivity index (χ4v) is 2.46. The van der Waals surface area contributed by atoms with Crippen LogP contribution < -0.4 is 5.32 Å². The molecule has 0 aromatic heterocycles. The molecule has 94 valence electrons. The van der Waals surface area contributed by atoms with Crippen LogP contribution in [0, 0.1) is 5.92 Å². The third-order valence-electron chi connectivity index (χ3n) is 3.48. The molecule has 1 fully saturated rings. The van der Waals surface area contributed by atoms with Crippen LogP contribution in [0.3, 0.4) is 0 Å². The summed E-state index contributed by atoms with van der Waals surface area (Å²) < 4.78 is 0. The van der Waals surface area contributed by atoms with Gasteiger partial charge in [-0.2, -0.15) is 0 Å². The van der Waals surface area contributed by atoms with Crippen molar-refractivity contribution in [3.05, 3.63) is 35.4 Å². The molecule has 0 heterocycles. The Labute approximate surface area is 106 Å². The highest BCUT2D eigenvalue weighted by molar-refractivity contribution is 5.29. The van der Waals surface area contributed by atoms with E-state index in [0.717, 1.165) is 18.4 Å². The van der Waals surface area contributed by atoms with Crippen molar-refractivity contribution in [2.45, 2.75) is 58.5 Å². The summed E-state index contributed by atoms with van der Waals surface area (Å²) in [5, 5.41) is 3.62. The molecule has 1 unspecified atom stereocenters. The molecule has 0 bridgehead atoms. The van der Waals surface area contributed by atoms with Gasteiger partial charge in [-0.25, -0.2) is 0 Å². The monoisotopic (exact) mass is 231 g/mol. The third kappa shape index (κ3) is 4.16. The number of hydrogen-bond donors (Lipinski definition) is 1. The van der Waals surface area contributed by atoms with Gasteiger partial charge in [0.2, 0.25) is 0 Å². The Morgan fingerprint density at radius 1 is 1.24 bits per heavy atom. The normalized spacial score (nSPS) is 17.4. The highest BCUT2D eigenvalue weighted by Gasteiger charge is 2.23. The molecule has 0 spiro atoms. The van der Waals surface area contributed by atoms with E-state index in [0.29, 0.717) is 6.04 Å². The van der Waals surface area contributed by atoms with Crippen molar-refractivity contribution in [1.29, 1.82) is 0 Å². The first-order valence-corrected chi connectivity index (χ1v) is 6.97. The highest BCUT2D eigenvalue weighted by atomic mass is 14.9. The van der Waals surface area contributed by atoms with Gasteiger partial charge in [-0.15, -0.1) is 0 Å². The summed E-state index contributed by atoms with van der Waals surface area (Å²) in [6.07, 6.45) is 4.03. The summed E-state index contributed by atoms with van der Waals surface area (Å²) in [4.78, 5) is 0. The van der Waals surface area contributed by atoms with Crippen LogP contribution in [0.4, 0.5) is 0 Å². The molecule has 1 nitrogen and oxygen atoms in total. The molecule has 1 aromatic rings. The molecule has 0 radical (unpaired) electrons. The summed E-state index contributed by atoms with van der Waals surface area (Å²) >= 11 is 0. The number of nitrogens with one attached hydrogen (secondary N) is 1. The Morgan fingerprint density at radius 3 is 2.65 bits per heavy atom. The second kappa shape index (κ2) is 5.68. The van der Waals surface area contributed by atoms with E-state index in [9.17, 15) is 0 Å². The Kier molecular flexibility index (Phi) is 4.22. The van der Waals surface area contributed by atoms with Gasteiger partial charge in [0.15, 0.2) is 0 Å². The fourth-order valence-electron chi connectivity index (χ4n) is 2.46. The first-order valence-electron chi connectivity index (χ1n) is 6.97. The fraction of sp³-hybridized carbons (Fsp3) is 0.625. The smallest absolute Gasteiger partial charge is 0.0208 e. The van der Waals surface area contributed by atoms with E-state index in [1.54, 1.807) is 5.56 Å². The van der Waals surface area contributed by atoms with Crippen LogP contribution in [-0.4, -0.2) is 6.04 Å². The van der Waals surface area contributed by atoms with E-state index in [1.807, 2.05) is 0 Å². The average molecular weight is 231 g/mol. The summed E-state index contributed by atoms with van der Waals surface area (Å²) in [5.74, 6) is 1.64. The van der Waals surface area contributed by atoms with Gasteiger partial charge in [0, 0.05) is 12.6 Å². The number of hydrogen-bond acceptors (Lipinski definition) is 1. The average Bonchev–Trinajstić information content (AvgIpc) is 3.10. The van der Waals surface area contributed by atoms with Crippen LogP contribution in [0.2, 0.25) is 0 Å². The lowest BCUT2D eigenvalue weighted by Crippen LogP contribution is -2.26. The summed E-state index contributed by atoms with van der Waals surface area (Å²) in [5.41, 5.74) is 2.98. The van der Waals surface area contributed by atoms with E-state index in [2.05, 4.69) is 50.4 Å². The Hall–Kier alpha value is -0.820. The summed E-state index contributed by atoms with van der Waals surface area (Å²) in [6, 6.07) is 9.71. The van der Waals surface area contributed by atoms with Gasteiger partial charge in [-0.1, -0.05) is 38.1 Å². The van der Waals surface area contributed by atoms with Crippen molar-refractivity contribution in [1.82, 2.24) is 5.32 Å². The van der Waals surface area contributed by atoms with Gasteiger partial charge in [0.25, 0.3) is 0 Å². The van der Waals surface area contributed by atoms with Crippen LogP contribution >= 0.6 is 0 Å². The van der Waals surface area contributed by atoms with Crippen LogP contribution in [0.1, 0.15) is 57.1 Å². The largest absolute Gasteiger partial charge is 0.310 e. The molecule has 0 amide bonds. The quantitative estimate of drug-likeness (QED) is 0.777. The lowest BCUT2D eigenvalue weighted by molar-refractivity contribution is 0.441. The molecular formula is C16H25N. The van der Waals surface area contributed by atoms with E-state index < -0.39 is 0 Å². The van der Waals surface area contributed by atoms with Crippen LogP contribution in [-0.2, 0) is 6.54 Å². The Balaban J connectivity index is 1.83. The molecule has 1 heteroatoms. The van der Waals surface area contributed by atoms with Crippen molar-refractivity contribution >= 4 is 0 Å². The van der Waals surface area contributed by atoms with Crippen LogP contribution in [0.5, 0.6) is 0 Å². The maximum Gasteiger partial charge on any atom is 0.0208 e. The molecule has 1 saturated carbocycles. The molecule has 1 atom stereocenters. The van der Waals surface area contributed by atoms with E-state index >= 15 is 0 Å². The maximum absolute atomic E-state index is 3.62. The molecule has 0 saturated heterocycles. The van der Waals surface area contributed by atoms with Crippen LogP contribution in [0.15, 0.2) is 24.3 Å². The zero-order chi connectivity index (χ0) is 12.3. The second-order valence-electron chi connectivity index (χ2n) is 5.93. The molecule has 2 rings (SSSR count). The van der Waals surface area contributed by atoms with Gasteiger partial charge in [-0.05, 0) is 49.1 Å². The van der Waals surface area contributed by atoms with E-state index in [4.69, 9.17) is 0 Å². The second-order valence-corrected chi connectivity index (χ2v) is 5.93. The Morgan fingerprint density at radius 2 is 2.00 bits per heavy atom. The topological polar surface area (TPSA) is 12.0 Å². The molecule has 1 aliphatic carbocycles. The van der Waals surface area contributed by atoms with Crippen molar-refractivity contribution in [2.75, 3.05) is 0 Å². The van der Waals surface area contributed by atoms with Gasteiger partial charge >= 0.3 is 0 Å². The van der Waals surface area contributed by atoms with Gasteiger partial charge < -0.3 is 5.32 Å². The standard InChI is InChI=1S/C16H25N/c1-12(2)9-13(3)17-11-14-5-4-6-16(10-14)15-7-8-15/h4-6,10,12-13,15,17H,7-9,11H2,1-3H3. The van der Waals surface area contributed by atoms with E-state index in [1.165, 1.54) is 24.8 Å². The summed E-state index contributed by atoms with van der Waals surface area (Å²) in [6.45, 7) is 7.86. The molecule has 0 aliphatic heterocycles. The SMILES string of the molecule is CC(C)CC(C)NCc1cccc(C2CC2)c1. The summed E-state index contributed by atoms with van der Waals surface area (Å²) in [7, 11) is 0. The van der Waals surface area contributed by atoms with Crippen molar-refractivity contribution in [3.63, 3.8) is 0 Å². The number of benzene rings is 1. The molecular weight excluding hydrogens is 206 g/mol. The lowest BCUT2D eigenvalue weighted by atomic mass is 10.0. The predicted molar refractivity (Wildman–Crippen MR) is 74.2 cm³/mol. The van der Waals surface area contributed by atoms with Crippen LogP contribution in [0.25, 0.3) is 0 Å². The highest BCUT2D eigenvalue weighted by Crippen LogP contribution is 2.40. The molecule has 1 aliphatic rings. The first-order chi connectivity index (χ1) is 8.15. The van der Waals surface area contributed by atoms with E-state index in [-0.39, 0.29) is 0 Å². The minimum Gasteiger partial charge on any atom is -0.310 e.